The van der Waals surface area contributed by atoms with Crippen molar-refractivity contribution in [2.45, 2.75) is 0 Å². The Morgan fingerprint density at radius 1 is 1.29 bits per heavy atom. The zero-order chi connectivity index (χ0) is 17.1. The van der Waals surface area contributed by atoms with Gasteiger partial charge in [0, 0.05) is 14.5 Å². The molecule has 1 N–H and O–H groups in total. The van der Waals surface area contributed by atoms with Crippen LogP contribution >= 0.6 is 45.5 Å². The number of rotatable bonds is 4. The highest BCUT2D eigenvalue weighted by atomic mass is 127. The van der Waals surface area contributed by atoms with E-state index in [1.54, 1.807) is 25.3 Å². The number of nitrogens with one attached hydrogen (secondary N) is 1. The molecule has 0 saturated heterocycles. The number of benzene rings is 2. The zero-order valence-electron chi connectivity index (χ0n) is 12.5. The second-order valence-electron chi connectivity index (χ2n) is 4.82. The Balaban J connectivity index is 1.80. The van der Waals surface area contributed by atoms with Crippen LogP contribution in [0.3, 0.4) is 0 Å². The molecular weight excluding hydrogens is 459 g/mol. The van der Waals surface area contributed by atoms with Crippen LogP contribution in [-0.2, 0) is 0 Å². The number of methoxy groups -OCH3 is 1. The Hall–Kier alpha value is -1.64. The number of anilines is 1. The van der Waals surface area contributed by atoms with Crippen molar-refractivity contribution < 1.29 is 9.53 Å². The number of amides is 1. The second-order valence-corrected chi connectivity index (χ2v) is 7.25. The van der Waals surface area contributed by atoms with Gasteiger partial charge in [-0.05, 0) is 52.9 Å². The van der Waals surface area contributed by atoms with Crippen molar-refractivity contribution >= 4 is 56.6 Å². The van der Waals surface area contributed by atoms with Gasteiger partial charge in [0.2, 0.25) is 0 Å². The molecular formula is C17H12ClIN2O2S. The SMILES string of the molecule is COc1ccc(-c2csc(NC(=O)c3ccccc3I)n2)cc1Cl. The lowest BCUT2D eigenvalue weighted by atomic mass is 10.2. The van der Waals surface area contributed by atoms with Gasteiger partial charge in [0.1, 0.15) is 5.75 Å². The Bertz CT molecular complexity index is 898. The Morgan fingerprint density at radius 3 is 2.79 bits per heavy atom. The van der Waals surface area contributed by atoms with E-state index >= 15 is 0 Å². The summed E-state index contributed by atoms with van der Waals surface area (Å²) >= 11 is 9.66. The second kappa shape index (κ2) is 7.50. The number of hydrogen-bond acceptors (Lipinski definition) is 4. The number of carbonyl (C=O) groups excluding carboxylic acids is 1. The molecule has 0 atom stereocenters. The van der Waals surface area contributed by atoms with Crippen LogP contribution < -0.4 is 10.1 Å². The monoisotopic (exact) mass is 470 g/mol. The molecule has 7 heteroatoms. The minimum absolute atomic E-state index is 0.173. The molecule has 0 bridgehead atoms. The molecule has 3 rings (SSSR count). The first-order chi connectivity index (χ1) is 11.6. The Morgan fingerprint density at radius 2 is 2.08 bits per heavy atom. The van der Waals surface area contributed by atoms with Crippen molar-refractivity contribution in [1.29, 1.82) is 0 Å². The van der Waals surface area contributed by atoms with Gasteiger partial charge in [-0.2, -0.15) is 0 Å². The molecule has 0 aliphatic heterocycles. The van der Waals surface area contributed by atoms with Crippen molar-refractivity contribution in [3.63, 3.8) is 0 Å². The number of thiazole rings is 1. The molecule has 0 unspecified atom stereocenters. The summed E-state index contributed by atoms with van der Waals surface area (Å²) in [5.41, 5.74) is 2.25. The van der Waals surface area contributed by atoms with Gasteiger partial charge in [-0.25, -0.2) is 4.98 Å². The molecule has 0 aliphatic carbocycles. The van der Waals surface area contributed by atoms with Crippen LogP contribution in [0.2, 0.25) is 5.02 Å². The topological polar surface area (TPSA) is 51.2 Å². The van der Waals surface area contributed by atoms with Crippen molar-refractivity contribution in [1.82, 2.24) is 4.98 Å². The summed E-state index contributed by atoms with van der Waals surface area (Å²) in [5.74, 6) is 0.441. The van der Waals surface area contributed by atoms with Gasteiger partial charge >= 0.3 is 0 Å². The molecule has 1 aromatic heterocycles. The lowest BCUT2D eigenvalue weighted by Gasteiger charge is -2.05. The Kier molecular flexibility index (Phi) is 5.37. The van der Waals surface area contributed by atoms with E-state index in [9.17, 15) is 4.79 Å². The third-order valence-electron chi connectivity index (χ3n) is 3.29. The molecule has 3 aromatic rings. The maximum atomic E-state index is 12.3. The first-order valence-electron chi connectivity index (χ1n) is 6.94. The highest BCUT2D eigenvalue weighted by Crippen LogP contribution is 2.31. The van der Waals surface area contributed by atoms with Crippen LogP contribution in [0.15, 0.2) is 47.8 Å². The summed E-state index contributed by atoms with van der Waals surface area (Å²) in [4.78, 5) is 16.8. The van der Waals surface area contributed by atoms with Crippen LogP contribution in [0.4, 0.5) is 5.13 Å². The fourth-order valence-electron chi connectivity index (χ4n) is 2.10. The first-order valence-corrected chi connectivity index (χ1v) is 9.27. The summed E-state index contributed by atoms with van der Waals surface area (Å²) in [6.07, 6.45) is 0. The lowest BCUT2D eigenvalue weighted by molar-refractivity contribution is 0.102. The summed E-state index contributed by atoms with van der Waals surface area (Å²) in [6, 6.07) is 12.9. The van der Waals surface area contributed by atoms with Crippen LogP contribution in [0.25, 0.3) is 11.3 Å². The van der Waals surface area contributed by atoms with E-state index < -0.39 is 0 Å². The minimum atomic E-state index is -0.173. The molecule has 24 heavy (non-hydrogen) atoms. The lowest BCUT2D eigenvalue weighted by Crippen LogP contribution is -2.13. The maximum Gasteiger partial charge on any atom is 0.258 e. The van der Waals surface area contributed by atoms with Crippen LogP contribution in [-0.4, -0.2) is 18.0 Å². The van der Waals surface area contributed by atoms with E-state index in [0.717, 1.165) is 14.8 Å². The van der Waals surface area contributed by atoms with Crippen molar-refractivity contribution in [3.05, 3.63) is 62.0 Å². The molecule has 1 amide bonds. The number of aromatic nitrogens is 1. The van der Waals surface area contributed by atoms with Gasteiger partial charge in [-0.3, -0.25) is 10.1 Å². The van der Waals surface area contributed by atoms with Gasteiger partial charge in [0.15, 0.2) is 5.13 Å². The molecule has 0 saturated carbocycles. The number of halogens is 2. The molecule has 122 valence electrons. The van der Waals surface area contributed by atoms with E-state index in [0.29, 0.717) is 21.5 Å². The molecule has 2 aromatic carbocycles. The fraction of sp³-hybridized carbons (Fsp3) is 0.0588. The van der Waals surface area contributed by atoms with E-state index in [4.69, 9.17) is 16.3 Å². The third-order valence-corrected chi connectivity index (χ3v) is 5.28. The summed E-state index contributed by atoms with van der Waals surface area (Å²) in [6.45, 7) is 0. The van der Waals surface area contributed by atoms with Crippen molar-refractivity contribution in [2.24, 2.45) is 0 Å². The fourth-order valence-corrected chi connectivity index (χ4v) is 3.70. The molecule has 0 aliphatic rings. The maximum absolute atomic E-state index is 12.3. The van der Waals surface area contributed by atoms with Crippen molar-refractivity contribution in [2.75, 3.05) is 12.4 Å². The third kappa shape index (κ3) is 3.71. The average molecular weight is 471 g/mol. The quantitative estimate of drug-likeness (QED) is 0.525. The zero-order valence-corrected chi connectivity index (χ0v) is 16.3. The first kappa shape index (κ1) is 17.2. The smallest absolute Gasteiger partial charge is 0.258 e. The minimum Gasteiger partial charge on any atom is -0.495 e. The predicted molar refractivity (Wildman–Crippen MR) is 106 cm³/mol. The number of carbonyl (C=O) groups is 1. The van der Waals surface area contributed by atoms with Crippen LogP contribution in [0.1, 0.15) is 10.4 Å². The average Bonchev–Trinajstić information content (AvgIpc) is 3.03. The predicted octanol–water partition coefficient (Wildman–Crippen LogP) is 5.33. The molecule has 1 heterocycles. The van der Waals surface area contributed by atoms with Gasteiger partial charge in [0.25, 0.3) is 5.91 Å². The molecule has 0 fully saturated rings. The van der Waals surface area contributed by atoms with E-state index in [-0.39, 0.29) is 5.91 Å². The van der Waals surface area contributed by atoms with E-state index in [1.807, 2.05) is 29.6 Å². The Labute approximate surface area is 162 Å². The highest BCUT2D eigenvalue weighted by Gasteiger charge is 2.13. The summed E-state index contributed by atoms with van der Waals surface area (Å²) < 4.78 is 6.04. The molecule has 0 spiro atoms. The van der Waals surface area contributed by atoms with Gasteiger partial charge in [-0.1, -0.05) is 23.7 Å². The summed E-state index contributed by atoms with van der Waals surface area (Å²) in [5, 5.41) is 5.77. The highest BCUT2D eigenvalue weighted by molar-refractivity contribution is 14.1. The van der Waals surface area contributed by atoms with E-state index in [1.165, 1.54) is 11.3 Å². The largest absolute Gasteiger partial charge is 0.495 e. The van der Waals surface area contributed by atoms with E-state index in [2.05, 4.69) is 32.9 Å². The van der Waals surface area contributed by atoms with Crippen molar-refractivity contribution in [3.8, 4) is 17.0 Å². The van der Waals surface area contributed by atoms with Crippen LogP contribution in [0.5, 0.6) is 5.75 Å². The number of nitrogens with zero attached hydrogens (tertiary/aromatic N) is 1. The normalized spacial score (nSPS) is 10.5. The summed E-state index contributed by atoms with van der Waals surface area (Å²) in [7, 11) is 1.57. The number of ether oxygens (including phenoxy) is 1. The standard InChI is InChI=1S/C17H12ClIN2O2S/c1-23-15-7-6-10(8-12(15)18)14-9-24-17(20-14)21-16(22)11-4-2-3-5-13(11)19/h2-9H,1H3,(H,20,21,22). The van der Waals surface area contributed by atoms with Crippen LogP contribution in [0, 0.1) is 3.57 Å². The molecule has 0 radical (unpaired) electrons. The number of hydrogen-bond donors (Lipinski definition) is 1. The molecule has 4 nitrogen and oxygen atoms in total. The van der Waals surface area contributed by atoms with Gasteiger partial charge in [-0.15, -0.1) is 11.3 Å². The van der Waals surface area contributed by atoms with Gasteiger partial charge < -0.3 is 4.74 Å². The van der Waals surface area contributed by atoms with Gasteiger partial charge in [0.05, 0.1) is 23.4 Å².